The van der Waals surface area contributed by atoms with Crippen molar-refractivity contribution in [3.05, 3.63) is 64.2 Å². The molecule has 8 heteroatoms. The van der Waals surface area contributed by atoms with Crippen molar-refractivity contribution in [1.82, 2.24) is 10.3 Å². The minimum Gasteiger partial charge on any atom is -0.497 e. The van der Waals surface area contributed by atoms with Crippen molar-refractivity contribution in [2.24, 2.45) is 0 Å². The first-order valence-electron chi connectivity index (χ1n) is 7.37. The van der Waals surface area contributed by atoms with Crippen molar-refractivity contribution < 1.29 is 18.7 Å². The van der Waals surface area contributed by atoms with E-state index in [4.69, 9.17) is 9.15 Å². The zero-order valence-corrected chi connectivity index (χ0v) is 14.1. The van der Waals surface area contributed by atoms with Gasteiger partial charge in [0.05, 0.1) is 12.0 Å². The van der Waals surface area contributed by atoms with Crippen LogP contribution >= 0.6 is 11.3 Å². The molecule has 0 aliphatic heterocycles. The van der Waals surface area contributed by atoms with Gasteiger partial charge in [-0.15, -0.1) is 11.3 Å². The second-order valence-corrected chi connectivity index (χ2v) is 5.95. The number of ether oxygens (including phenoxy) is 1. The van der Waals surface area contributed by atoms with Gasteiger partial charge in [-0.3, -0.25) is 14.9 Å². The molecule has 0 saturated carbocycles. The fourth-order valence-corrected chi connectivity index (χ4v) is 2.64. The molecule has 0 atom stereocenters. The van der Waals surface area contributed by atoms with E-state index in [1.165, 1.54) is 17.6 Å². The van der Waals surface area contributed by atoms with E-state index in [9.17, 15) is 9.59 Å². The molecular weight excluding hydrogens is 342 g/mol. The van der Waals surface area contributed by atoms with Crippen molar-refractivity contribution in [1.29, 1.82) is 0 Å². The monoisotopic (exact) mass is 357 g/mol. The number of hydrogen-bond acceptors (Lipinski definition) is 6. The first-order valence-corrected chi connectivity index (χ1v) is 8.25. The van der Waals surface area contributed by atoms with Crippen molar-refractivity contribution in [3.8, 4) is 5.75 Å². The number of nitrogens with one attached hydrogen (secondary N) is 2. The molecule has 0 fully saturated rings. The summed E-state index contributed by atoms with van der Waals surface area (Å²) in [5.41, 5.74) is 1.01. The van der Waals surface area contributed by atoms with Crippen molar-refractivity contribution in [2.45, 2.75) is 6.54 Å². The van der Waals surface area contributed by atoms with E-state index in [1.807, 2.05) is 24.3 Å². The Hall–Kier alpha value is -3.13. The fourth-order valence-electron chi connectivity index (χ4n) is 2.02. The topological polar surface area (TPSA) is 93.5 Å². The third kappa shape index (κ3) is 4.24. The summed E-state index contributed by atoms with van der Waals surface area (Å²) < 4.78 is 10.2. The molecule has 0 aliphatic carbocycles. The van der Waals surface area contributed by atoms with E-state index < -0.39 is 5.91 Å². The Morgan fingerprint density at radius 3 is 2.68 bits per heavy atom. The van der Waals surface area contributed by atoms with E-state index in [1.54, 1.807) is 24.6 Å². The van der Waals surface area contributed by atoms with Crippen LogP contribution in [0.25, 0.3) is 0 Å². The van der Waals surface area contributed by atoms with Gasteiger partial charge >= 0.3 is 6.01 Å². The van der Waals surface area contributed by atoms with Gasteiger partial charge < -0.3 is 14.5 Å². The smallest absolute Gasteiger partial charge is 0.302 e. The first-order chi connectivity index (χ1) is 12.2. The summed E-state index contributed by atoms with van der Waals surface area (Å²) in [5, 5.41) is 7.03. The van der Waals surface area contributed by atoms with E-state index in [2.05, 4.69) is 15.6 Å². The number of oxazole rings is 1. The Kier molecular flexibility index (Phi) is 5.10. The van der Waals surface area contributed by atoms with Crippen LogP contribution in [0.2, 0.25) is 0 Å². The maximum atomic E-state index is 12.1. The molecule has 0 radical (unpaired) electrons. The van der Waals surface area contributed by atoms with Gasteiger partial charge in [0.1, 0.15) is 12.0 Å². The van der Waals surface area contributed by atoms with Crippen LogP contribution in [0.1, 0.15) is 25.7 Å². The van der Waals surface area contributed by atoms with Crippen LogP contribution in [0.5, 0.6) is 5.75 Å². The van der Waals surface area contributed by atoms with Gasteiger partial charge in [-0.2, -0.15) is 4.98 Å². The zero-order chi connectivity index (χ0) is 17.6. The highest BCUT2D eigenvalue weighted by Gasteiger charge is 2.15. The molecule has 3 rings (SSSR count). The van der Waals surface area contributed by atoms with Crippen LogP contribution < -0.4 is 15.4 Å². The molecule has 0 aliphatic rings. The lowest BCUT2D eigenvalue weighted by atomic mass is 10.2. The predicted octanol–water partition coefficient (Wildman–Crippen LogP) is 2.93. The summed E-state index contributed by atoms with van der Waals surface area (Å²) in [6.07, 6.45) is 1.20. The average Bonchev–Trinajstić information content (AvgIpc) is 3.32. The normalized spacial score (nSPS) is 10.3. The molecular formula is C17H15N3O4S. The lowest BCUT2D eigenvalue weighted by molar-refractivity contribution is 0.0944. The Morgan fingerprint density at radius 2 is 2.00 bits per heavy atom. The molecule has 0 saturated heterocycles. The highest BCUT2D eigenvalue weighted by molar-refractivity contribution is 7.12. The standard InChI is InChI=1S/C17H15N3O4S/c1-23-12-6-4-11(5-7-12)9-18-15(21)13-10-24-17(19-13)20-16(22)14-3-2-8-25-14/h2-8,10H,9H2,1H3,(H,18,21)(H,19,20,22). The Balaban J connectivity index is 1.55. The van der Waals surface area contributed by atoms with E-state index in [0.29, 0.717) is 11.4 Å². The number of carbonyl (C=O) groups is 2. The minimum atomic E-state index is -0.392. The maximum absolute atomic E-state index is 12.1. The van der Waals surface area contributed by atoms with E-state index in [0.717, 1.165) is 11.3 Å². The van der Waals surface area contributed by atoms with Crippen LogP contribution in [0, 0.1) is 0 Å². The molecule has 2 aromatic heterocycles. The van der Waals surface area contributed by atoms with Crippen molar-refractivity contribution >= 4 is 29.2 Å². The lowest BCUT2D eigenvalue weighted by Crippen LogP contribution is -2.23. The molecule has 7 nitrogen and oxygen atoms in total. The Morgan fingerprint density at radius 1 is 1.20 bits per heavy atom. The summed E-state index contributed by atoms with van der Waals surface area (Å²) >= 11 is 1.30. The fraction of sp³-hybridized carbons (Fsp3) is 0.118. The number of carbonyl (C=O) groups excluding carboxylic acids is 2. The number of benzene rings is 1. The second-order valence-electron chi connectivity index (χ2n) is 5.00. The molecule has 2 heterocycles. The minimum absolute atomic E-state index is 0.0204. The van der Waals surface area contributed by atoms with Crippen LogP contribution in [0.4, 0.5) is 6.01 Å². The quantitative estimate of drug-likeness (QED) is 0.707. The van der Waals surface area contributed by atoms with Crippen LogP contribution in [0.3, 0.4) is 0 Å². The summed E-state index contributed by atoms with van der Waals surface area (Å²) in [6.45, 7) is 0.340. The Bertz CT molecular complexity index is 856. The number of anilines is 1. The summed E-state index contributed by atoms with van der Waals surface area (Å²) in [7, 11) is 1.59. The molecule has 2 amide bonds. The van der Waals surface area contributed by atoms with Crippen LogP contribution in [-0.2, 0) is 6.54 Å². The summed E-state index contributed by atoms with van der Waals surface area (Å²) in [4.78, 5) is 28.5. The van der Waals surface area contributed by atoms with Crippen molar-refractivity contribution in [2.75, 3.05) is 12.4 Å². The number of nitrogens with zero attached hydrogens (tertiary/aromatic N) is 1. The molecule has 0 unspecified atom stereocenters. The molecule has 128 valence electrons. The van der Waals surface area contributed by atoms with Gasteiger partial charge in [0, 0.05) is 6.54 Å². The molecule has 0 bridgehead atoms. The highest BCUT2D eigenvalue weighted by atomic mass is 32.1. The largest absolute Gasteiger partial charge is 0.497 e. The van der Waals surface area contributed by atoms with Crippen molar-refractivity contribution in [3.63, 3.8) is 0 Å². The number of hydrogen-bond donors (Lipinski definition) is 2. The highest BCUT2D eigenvalue weighted by Crippen LogP contribution is 2.14. The van der Waals surface area contributed by atoms with Crippen LogP contribution in [-0.4, -0.2) is 23.9 Å². The average molecular weight is 357 g/mol. The van der Waals surface area contributed by atoms with Gasteiger partial charge in [0.2, 0.25) is 0 Å². The molecule has 1 aromatic carbocycles. The summed E-state index contributed by atoms with van der Waals surface area (Å²) in [5.74, 6) is 0.0240. The van der Waals surface area contributed by atoms with Crippen LogP contribution in [0.15, 0.2) is 52.5 Å². The third-order valence-corrected chi connectivity index (χ3v) is 4.18. The SMILES string of the molecule is COc1ccc(CNC(=O)c2coc(NC(=O)c3cccs3)n2)cc1. The van der Waals surface area contributed by atoms with E-state index in [-0.39, 0.29) is 17.6 Å². The number of rotatable bonds is 6. The first kappa shape index (κ1) is 16.7. The summed E-state index contributed by atoms with van der Waals surface area (Å²) in [6, 6.07) is 10.8. The molecule has 0 spiro atoms. The third-order valence-electron chi connectivity index (χ3n) is 3.31. The van der Waals surface area contributed by atoms with Gasteiger partial charge in [0.15, 0.2) is 5.69 Å². The van der Waals surface area contributed by atoms with Gasteiger partial charge in [-0.25, -0.2) is 0 Å². The number of aromatic nitrogens is 1. The maximum Gasteiger partial charge on any atom is 0.302 e. The van der Waals surface area contributed by atoms with E-state index >= 15 is 0 Å². The molecule has 3 aromatic rings. The lowest BCUT2D eigenvalue weighted by Gasteiger charge is -2.04. The predicted molar refractivity (Wildman–Crippen MR) is 92.9 cm³/mol. The van der Waals surface area contributed by atoms with Gasteiger partial charge in [-0.05, 0) is 29.1 Å². The molecule has 2 N–H and O–H groups in total. The molecule has 25 heavy (non-hydrogen) atoms. The number of methoxy groups -OCH3 is 1. The Labute approximate surface area is 147 Å². The second kappa shape index (κ2) is 7.63. The zero-order valence-electron chi connectivity index (χ0n) is 13.3. The number of thiophene rings is 1. The van der Waals surface area contributed by atoms with Gasteiger partial charge in [0.25, 0.3) is 11.8 Å². The number of amides is 2. The van der Waals surface area contributed by atoms with Gasteiger partial charge in [-0.1, -0.05) is 18.2 Å².